The van der Waals surface area contributed by atoms with Crippen LogP contribution in [0.4, 0.5) is 10.6 Å². The third-order valence-electron chi connectivity index (χ3n) is 4.32. The number of aromatic nitrogens is 1. The molecule has 1 amide bonds. The van der Waals surface area contributed by atoms with Gasteiger partial charge in [0, 0.05) is 38.9 Å². The van der Waals surface area contributed by atoms with E-state index in [0.29, 0.717) is 19.6 Å². The van der Waals surface area contributed by atoms with Crippen molar-refractivity contribution in [3.8, 4) is 0 Å². The van der Waals surface area contributed by atoms with Gasteiger partial charge in [0.15, 0.2) is 5.96 Å². The van der Waals surface area contributed by atoms with Gasteiger partial charge in [0.25, 0.3) is 0 Å². The van der Waals surface area contributed by atoms with Crippen LogP contribution in [-0.2, 0) is 11.3 Å². The van der Waals surface area contributed by atoms with Gasteiger partial charge < -0.3 is 25.6 Å². The van der Waals surface area contributed by atoms with Crippen molar-refractivity contribution in [2.24, 2.45) is 4.99 Å². The monoisotopic (exact) mass is 532 g/mol. The number of nitrogens with one attached hydrogen (secondary N) is 3. The molecule has 30 heavy (non-hydrogen) atoms. The topological polar surface area (TPSA) is 90.9 Å². The molecule has 9 heteroatoms. The zero-order chi connectivity index (χ0) is 21.1. The van der Waals surface area contributed by atoms with Crippen molar-refractivity contribution < 1.29 is 9.53 Å². The molecule has 1 aromatic rings. The number of hydrogen-bond donors (Lipinski definition) is 3. The van der Waals surface area contributed by atoms with E-state index >= 15 is 0 Å². The Balaban J connectivity index is 0.00000450. The predicted octanol–water partition coefficient (Wildman–Crippen LogP) is 3.27. The van der Waals surface area contributed by atoms with Crippen molar-refractivity contribution in [3.05, 3.63) is 23.9 Å². The number of amides is 1. The van der Waals surface area contributed by atoms with E-state index < -0.39 is 5.60 Å². The van der Waals surface area contributed by atoms with E-state index in [0.717, 1.165) is 43.4 Å². The zero-order valence-corrected chi connectivity index (χ0v) is 21.0. The number of carbonyl (C=O) groups is 1. The molecule has 3 N–H and O–H groups in total. The van der Waals surface area contributed by atoms with Gasteiger partial charge in [0.05, 0.1) is 6.54 Å². The fraction of sp³-hybridized carbons (Fsp3) is 0.667. The highest BCUT2D eigenvalue weighted by Crippen LogP contribution is 2.18. The van der Waals surface area contributed by atoms with Crippen LogP contribution in [0, 0.1) is 0 Å². The SMILES string of the molecule is CCNC(=NCc1ccnc(N2CCCC2)c1)NCCCNC(=O)OC(C)(C)C.I. The minimum Gasteiger partial charge on any atom is -0.444 e. The average Bonchev–Trinajstić information content (AvgIpc) is 3.19. The number of aliphatic imine (C=N–C) groups is 1. The summed E-state index contributed by atoms with van der Waals surface area (Å²) in [5, 5.41) is 9.32. The van der Waals surface area contributed by atoms with E-state index in [9.17, 15) is 4.79 Å². The fourth-order valence-electron chi connectivity index (χ4n) is 2.99. The first-order valence-corrected chi connectivity index (χ1v) is 10.6. The number of anilines is 1. The minimum atomic E-state index is -0.477. The maximum Gasteiger partial charge on any atom is 0.407 e. The molecule has 0 spiro atoms. The van der Waals surface area contributed by atoms with Crippen LogP contribution in [0.25, 0.3) is 0 Å². The molecule has 0 saturated carbocycles. The highest BCUT2D eigenvalue weighted by atomic mass is 127. The Hall–Kier alpha value is -1.78. The van der Waals surface area contributed by atoms with Gasteiger partial charge in [0.2, 0.25) is 0 Å². The molecule has 2 rings (SSSR count). The summed E-state index contributed by atoms with van der Waals surface area (Å²) in [6.45, 7) is 12.4. The molecule has 0 aliphatic carbocycles. The van der Waals surface area contributed by atoms with E-state index in [2.05, 4.69) is 36.9 Å². The second kappa shape index (κ2) is 13.5. The molecular formula is C21H37IN6O2. The van der Waals surface area contributed by atoms with Crippen molar-refractivity contribution >= 4 is 41.8 Å². The third-order valence-corrected chi connectivity index (χ3v) is 4.32. The van der Waals surface area contributed by atoms with Gasteiger partial charge >= 0.3 is 6.09 Å². The Morgan fingerprint density at radius 3 is 2.57 bits per heavy atom. The molecule has 1 aliphatic rings. The van der Waals surface area contributed by atoms with Crippen molar-refractivity contribution in [1.29, 1.82) is 0 Å². The van der Waals surface area contributed by atoms with Gasteiger partial charge in [-0.15, -0.1) is 24.0 Å². The van der Waals surface area contributed by atoms with Crippen LogP contribution >= 0.6 is 24.0 Å². The maximum atomic E-state index is 11.6. The molecular weight excluding hydrogens is 495 g/mol. The molecule has 1 aromatic heterocycles. The van der Waals surface area contributed by atoms with Crippen LogP contribution in [0.1, 0.15) is 52.5 Å². The van der Waals surface area contributed by atoms with Gasteiger partial charge in [-0.1, -0.05) is 0 Å². The Morgan fingerprint density at radius 2 is 1.90 bits per heavy atom. The number of nitrogens with zero attached hydrogens (tertiary/aromatic N) is 3. The summed E-state index contributed by atoms with van der Waals surface area (Å²) in [7, 11) is 0. The molecule has 170 valence electrons. The van der Waals surface area contributed by atoms with Crippen molar-refractivity contribution in [3.63, 3.8) is 0 Å². The first kappa shape index (κ1) is 26.3. The Kier molecular flexibility index (Phi) is 11.8. The van der Waals surface area contributed by atoms with E-state index in [1.807, 2.05) is 40.0 Å². The van der Waals surface area contributed by atoms with Crippen LogP contribution in [-0.4, -0.2) is 55.4 Å². The van der Waals surface area contributed by atoms with Crippen LogP contribution in [0.3, 0.4) is 0 Å². The predicted molar refractivity (Wildman–Crippen MR) is 133 cm³/mol. The van der Waals surface area contributed by atoms with E-state index in [1.54, 1.807) is 0 Å². The summed E-state index contributed by atoms with van der Waals surface area (Å²) in [5.41, 5.74) is 0.667. The highest BCUT2D eigenvalue weighted by Gasteiger charge is 2.15. The number of ether oxygens (including phenoxy) is 1. The quantitative estimate of drug-likeness (QED) is 0.206. The highest BCUT2D eigenvalue weighted by molar-refractivity contribution is 14.0. The lowest BCUT2D eigenvalue weighted by atomic mass is 10.2. The number of guanidine groups is 1. The molecule has 0 unspecified atom stereocenters. The number of pyridine rings is 1. The van der Waals surface area contributed by atoms with Crippen LogP contribution < -0.4 is 20.9 Å². The summed E-state index contributed by atoms with van der Waals surface area (Å²) < 4.78 is 5.22. The van der Waals surface area contributed by atoms with Gasteiger partial charge in [-0.05, 0) is 64.7 Å². The molecule has 0 bridgehead atoms. The van der Waals surface area contributed by atoms with Crippen molar-refractivity contribution in [2.75, 3.05) is 37.6 Å². The number of rotatable bonds is 8. The van der Waals surface area contributed by atoms with E-state index in [-0.39, 0.29) is 30.1 Å². The van der Waals surface area contributed by atoms with Crippen molar-refractivity contribution in [1.82, 2.24) is 20.9 Å². The molecule has 1 fully saturated rings. The molecule has 0 radical (unpaired) electrons. The zero-order valence-electron chi connectivity index (χ0n) is 18.7. The summed E-state index contributed by atoms with van der Waals surface area (Å²) >= 11 is 0. The number of halogens is 1. The minimum absolute atomic E-state index is 0. The average molecular weight is 532 g/mol. The smallest absolute Gasteiger partial charge is 0.407 e. The summed E-state index contributed by atoms with van der Waals surface area (Å²) in [6.07, 6.45) is 4.73. The number of carbonyl (C=O) groups excluding carboxylic acids is 1. The lowest BCUT2D eigenvalue weighted by Gasteiger charge is -2.19. The maximum absolute atomic E-state index is 11.6. The second-order valence-electron chi connectivity index (χ2n) is 8.12. The largest absolute Gasteiger partial charge is 0.444 e. The van der Waals surface area contributed by atoms with Gasteiger partial charge in [0.1, 0.15) is 11.4 Å². The molecule has 2 heterocycles. The normalized spacial score (nSPS) is 14.1. The van der Waals surface area contributed by atoms with Crippen LogP contribution in [0.15, 0.2) is 23.3 Å². The second-order valence-corrected chi connectivity index (χ2v) is 8.12. The molecule has 8 nitrogen and oxygen atoms in total. The van der Waals surface area contributed by atoms with Gasteiger partial charge in [-0.3, -0.25) is 0 Å². The lowest BCUT2D eigenvalue weighted by Crippen LogP contribution is -2.39. The standard InChI is InChI=1S/C21H36N6O2.HI/c1-5-22-19(24-10-8-11-25-20(28)29-21(2,3)4)26-16-17-9-12-23-18(15-17)27-13-6-7-14-27;/h9,12,15H,5-8,10-11,13-14,16H2,1-4H3,(H,25,28)(H2,22,24,26);1H. The Bertz CT molecular complexity index is 672. The van der Waals surface area contributed by atoms with Crippen molar-refractivity contribution in [2.45, 2.75) is 59.1 Å². The van der Waals surface area contributed by atoms with Crippen LogP contribution in [0.2, 0.25) is 0 Å². The summed E-state index contributed by atoms with van der Waals surface area (Å²) in [4.78, 5) is 23.1. The van der Waals surface area contributed by atoms with Gasteiger partial charge in [-0.25, -0.2) is 14.8 Å². The number of alkyl carbamates (subject to hydrolysis) is 1. The molecule has 1 saturated heterocycles. The van der Waals surface area contributed by atoms with Gasteiger partial charge in [-0.2, -0.15) is 0 Å². The first-order valence-electron chi connectivity index (χ1n) is 10.6. The third kappa shape index (κ3) is 10.3. The fourth-order valence-corrected chi connectivity index (χ4v) is 2.99. The molecule has 1 aliphatic heterocycles. The first-order chi connectivity index (χ1) is 13.9. The van der Waals surface area contributed by atoms with E-state index in [1.165, 1.54) is 12.8 Å². The lowest BCUT2D eigenvalue weighted by molar-refractivity contribution is 0.0527. The molecule has 0 aromatic carbocycles. The number of hydrogen-bond acceptors (Lipinski definition) is 5. The van der Waals surface area contributed by atoms with Crippen LogP contribution in [0.5, 0.6) is 0 Å². The summed E-state index contributed by atoms with van der Waals surface area (Å²) in [6, 6.07) is 4.14. The summed E-state index contributed by atoms with van der Waals surface area (Å²) in [5.74, 6) is 1.81. The Morgan fingerprint density at radius 1 is 1.20 bits per heavy atom. The molecule has 0 atom stereocenters. The Labute approximate surface area is 197 Å². The van der Waals surface area contributed by atoms with E-state index in [4.69, 9.17) is 4.74 Å².